The molecule has 1 saturated carbocycles. The van der Waals surface area contributed by atoms with Crippen molar-refractivity contribution in [3.8, 4) is 0 Å². The molecule has 1 atom stereocenters. The van der Waals surface area contributed by atoms with Gasteiger partial charge in [0.25, 0.3) is 0 Å². The monoisotopic (exact) mass is 322 g/mol. The lowest BCUT2D eigenvalue weighted by Crippen LogP contribution is -2.52. The van der Waals surface area contributed by atoms with Crippen molar-refractivity contribution in [2.45, 2.75) is 50.3 Å². The summed E-state index contributed by atoms with van der Waals surface area (Å²) in [5, 5.41) is 5.75. The van der Waals surface area contributed by atoms with Crippen LogP contribution >= 0.6 is 0 Å². The highest BCUT2D eigenvalue weighted by atomic mass is 32.2. The molecule has 1 aliphatic rings. The van der Waals surface area contributed by atoms with Crippen LogP contribution in [0.2, 0.25) is 0 Å². The van der Waals surface area contributed by atoms with Crippen LogP contribution in [-0.4, -0.2) is 27.8 Å². The quantitative estimate of drug-likeness (QED) is 0.846. The Kier molecular flexibility index (Phi) is 5.62. The zero-order chi connectivity index (χ0) is 16.2. The van der Waals surface area contributed by atoms with Crippen molar-refractivity contribution in [1.29, 1.82) is 0 Å². The van der Waals surface area contributed by atoms with Crippen LogP contribution in [0.1, 0.15) is 50.2 Å². The summed E-state index contributed by atoms with van der Waals surface area (Å²) in [6.45, 7) is 5.31. The molecule has 2 rings (SSSR count). The first-order valence-electron chi connectivity index (χ1n) is 7.87. The minimum absolute atomic E-state index is 0.188. The number of carbonyl (C=O) groups is 1. The van der Waals surface area contributed by atoms with Gasteiger partial charge in [0.05, 0.1) is 4.75 Å². The molecule has 2 N–H and O–H groups in total. The van der Waals surface area contributed by atoms with Gasteiger partial charge in [-0.15, -0.1) is 0 Å². The lowest BCUT2D eigenvalue weighted by atomic mass is 9.84. The smallest absolute Gasteiger partial charge is 0.315 e. The normalized spacial score (nSPS) is 17.6. The Morgan fingerprint density at radius 3 is 2.59 bits per heavy atom. The van der Waals surface area contributed by atoms with E-state index in [4.69, 9.17) is 0 Å². The third-order valence-electron chi connectivity index (χ3n) is 4.52. The van der Waals surface area contributed by atoms with Crippen LogP contribution < -0.4 is 10.6 Å². The Morgan fingerprint density at radius 1 is 1.32 bits per heavy atom. The molecule has 1 aromatic carbocycles. The fourth-order valence-electron chi connectivity index (χ4n) is 2.69. The van der Waals surface area contributed by atoms with Gasteiger partial charge in [0.2, 0.25) is 0 Å². The minimum atomic E-state index is -0.889. The highest BCUT2D eigenvalue weighted by molar-refractivity contribution is 7.85. The number of nitrogens with one attached hydrogen (secondary N) is 2. The van der Waals surface area contributed by atoms with E-state index in [1.165, 1.54) is 5.56 Å². The predicted octanol–water partition coefficient (Wildman–Crippen LogP) is 2.91. The summed E-state index contributed by atoms with van der Waals surface area (Å²) < 4.78 is 11.6. The maximum Gasteiger partial charge on any atom is 0.315 e. The van der Waals surface area contributed by atoms with Gasteiger partial charge in [-0.2, -0.15) is 0 Å². The third kappa shape index (κ3) is 4.09. The van der Waals surface area contributed by atoms with Crippen LogP contribution in [0.15, 0.2) is 24.3 Å². The maximum absolute atomic E-state index is 11.9. The van der Waals surface area contributed by atoms with E-state index in [1.54, 1.807) is 6.26 Å². The molecule has 4 nitrogen and oxygen atoms in total. The molecule has 0 aromatic heterocycles. The van der Waals surface area contributed by atoms with Gasteiger partial charge in [-0.3, -0.25) is 4.21 Å². The first kappa shape index (κ1) is 17.0. The highest BCUT2D eigenvalue weighted by Gasteiger charge is 2.40. The molecule has 1 aliphatic carbocycles. The Morgan fingerprint density at radius 2 is 2.05 bits per heavy atom. The minimum Gasteiger partial charge on any atom is -0.337 e. The molecule has 122 valence electrons. The van der Waals surface area contributed by atoms with E-state index < -0.39 is 10.8 Å². The van der Waals surface area contributed by atoms with Crippen molar-refractivity contribution < 1.29 is 9.00 Å². The zero-order valence-electron chi connectivity index (χ0n) is 13.6. The fraction of sp³-hybridized carbons (Fsp3) is 0.588. The number of rotatable bonds is 6. The average molecular weight is 322 g/mol. The van der Waals surface area contributed by atoms with Crippen molar-refractivity contribution in [3.63, 3.8) is 0 Å². The van der Waals surface area contributed by atoms with Crippen molar-refractivity contribution in [2.75, 3.05) is 12.8 Å². The van der Waals surface area contributed by atoms with Crippen molar-refractivity contribution in [3.05, 3.63) is 35.4 Å². The van der Waals surface area contributed by atoms with E-state index >= 15 is 0 Å². The van der Waals surface area contributed by atoms with E-state index in [1.807, 2.05) is 12.1 Å². The second-order valence-electron chi connectivity index (χ2n) is 6.43. The molecule has 0 heterocycles. The van der Waals surface area contributed by atoms with Gasteiger partial charge >= 0.3 is 6.03 Å². The summed E-state index contributed by atoms with van der Waals surface area (Å²) in [7, 11) is -0.889. The SMILES string of the molecule is CC(C)c1cccc(CNC(=O)NCC2([S@](C)=O)CCC2)c1. The summed E-state index contributed by atoms with van der Waals surface area (Å²) >= 11 is 0. The number of urea groups is 1. The number of amides is 2. The van der Waals surface area contributed by atoms with Crippen LogP contribution in [-0.2, 0) is 17.3 Å². The lowest BCUT2D eigenvalue weighted by molar-refractivity contribution is 0.235. The molecule has 1 aromatic rings. The summed E-state index contributed by atoms with van der Waals surface area (Å²) in [5.41, 5.74) is 2.37. The van der Waals surface area contributed by atoms with Gasteiger partial charge in [0, 0.05) is 30.1 Å². The standard InChI is InChI=1S/C17H26N2O2S/c1-13(2)15-7-4-6-14(10-15)11-18-16(20)19-12-17(22(3)21)8-5-9-17/h4,6-7,10,13H,5,8-9,11-12H2,1-3H3,(H2,18,19,20)/t22-/m0/s1. The lowest BCUT2D eigenvalue weighted by Gasteiger charge is -2.39. The fourth-order valence-corrected chi connectivity index (χ4v) is 3.82. The zero-order valence-corrected chi connectivity index (χ0v) is 14.5. The van der Waals surface area contributed by atoms with Gasteiger partial charge in [-0.05, 0) is 29.9 Å². The van der Waals surface area contributed by atoms with Crippen LogP contribution in [0.25, 0.3) is 0 Å². The molecule has 0 aliphatic heterocycles. The molecular formula is C17H26N2O2S. The average Bonchev–Trinajstić information content (AvgIpc) is 2.44. The Labute approximate surface area is 135 Å². The first-order valence-corrected chi connectivity index (χ1v) is 9.43. The number of carbonyl (C=O) groups excluding carboxylic acids is 1. The van der Waals surface area contributed by atoms with Crippen LogP contribution in [0.4, 0.5) is 4.79 Å². The topological polar surface area (TPSA) is 58.2 Å². The van der Waals surface area contributed by atoms with Crippen LogP contribution in [0.5, 0.6) is 0 Å². The molecule has 0 radical (unpaired) electrons. The van der Waals surface area contributed by atoms with Gasteiger partial charge in [-0.25, -0.2) is 4.79 Å². The van der Waals surface area contributed by atoms with Gasteiger partial charge < -0.3 is 10.6 Å². The summed E-state index contributed by atoms with van der Waals surface area (Å²) in [6, 6.07) is 8.07. The van der Waals surface area contributed by atoms with E-state index in [0.29, 0.717) is 19.0 Å². The van der Waals surface area contributed by atoms with E-state index in [9.17, 15) is 9.00 Å². The third-order valence-corrected chi connectivity index (χ3v) is 6.29. The van der Waals surface area contributed by atoms with Crippen molar-refractivity contribution >= 4 is 16.8 Å². The van der Waals surface area contributed by atoms with E-state index in [-0.39, 0.29) is 10.8 Å². The number of benzene rings is 1. The van der Waals surface area contributed by atoms with Crippen molar-refractivity contribution in [2.24, 2.45) is 0 Å². The van der Waals surface area contributed by atoms with Gasteiger partial charge in [-0.1, -0.05) is 44.5 Å². The largest absolute Gasteiger partial charge is 0.337 e. The maximum atomic E-state index is 11.9. The molecule has 2 amide bonds. The van der Waals surface area contributed by atoms with Crippen LogP contribution in [0.3, 0.4) is 0 Å². The Balaban J connectivity index is 1.80. The van der Waals surface area contributed by atoms with Gasteiger partial charge in [0.1, 0.15) is 0 Å². The highest BCUT2D eigenvalue weighted by Crippen LogP contribution is 2.36. The summed E-state index contributed by atoms with van der Waals surface area (Å²) in [6.07, 6.45) is 4.71. The molecular weight excluding hydrogens is 296 g/mol. The molecule has 0 bridgehead atoms. The number of hydrogen-bond donors (Lipinski definition) is 2. The second-order valence-corrected chi connectivity index (χ2v) is 8.20. The Hall–Kier alpha value is -1.36. The molecule has 0 saturated heterocycles. The first-order chi connectivity index (χ1) is 10.4. The molecule has 1 fully saturated rings. The predicted molar refractivity (Wildman–Crippen MR) is 91.4 cm³/mol. The molecule has 22 heavy (non-hydrogen) atoms. The summed E-state index contributed by atoms with van der Waals surface area (Å²) in [4.78, 5) is 11.9. The summed E-state index contributed by atoms with van der Waals surface area (Å²) in [5.74, 6) is 0.479. The van der Waals surface area contributed by atoms with Crippen molar-refractivity contribution in [1.82, 2.24) is 10.6 Å². The van der Waals surface area contributed by atoms with E-state index in [2.05, 4.69) is 36.6 Å². The Bertz CT molecular complexity index is 553. The molecule has 0 unspecified atom stereocenters. The second kappa shape index (κ2) is 7.27. The van der Waals surface area contributed by atoms with Gasteiger partial charge in [0.15, 0.2) is 0 Å². The van der Waals surface area contributed by atoms with E-state index in [0.717, 1.165) is 24.8 Å². The molecule has 5 heteroatoms. The van der Waals surface area contributed by atoms with Crippen LogP contribution in [0, 0.1) is 0 Å². The molecule has 0 spiro atoms. The number of hydrogen-bond acceptors (Lipinski definition) is 2.